The molecule has 188 valence electrons. The molecule has 6 nitrogen and oxygen atoms in total. The lowest BCUT2D eigenvalue weighted by atomic mass is 9.85. The first-order chi connectivity index (χ1) is 17.2. The number of fused-ring (bicyclic) bond motifs is 1. The number of nitrogens with zero attached hydrogens (tertiary/aromatic N) is 3. The van der Waals surface area contributed by atoms with Gasteiger partial charge in [0.05, 0.1) is 0 Å². The summed E-state index contributed by atoms with van der Waals surface area (Å²) >= 11 is 5.23. The summed E-state index contributed by atoms with van der Waals surface area (Å²) in [7, 11) is 0. The maximum atomic E-state index is 13.2. The third-order valence-corrected chi connectivity index (χ3v) is 7.82. The van der Waals surface area contributed by atoms with Crippen molar-refractivity contribution in [2.75, 3.05) is 11.1 Å². The minimum Gasteiger partial charge on any atom is -0.489 e. The number of halogens is 1. The summed E-state index contributed by atoms with van der Waals surface area (Å²) in [6.45, 7) is 9.15. The van der Waals surface area contributed by atoms with Crippen LogP contribution in [0.5, 0.6) is 5.75 Å². The van der Waals surface area contributed by atoms with Gasteiger partial charge in [-0.15, -0.1) is 5.10 Å². The van der Waals surface area contributed by atoms with Gasteiger partial charge in [-0.25, -0.2) is 4.68 Å². The second kappa shape index (κ2) is 10.1. The van der Waals surface area contributed by atoms with E-state index in [1.165, 1.54) is 5.56 Å². The minimum absolute atomic E-state index is 0.107. The molecule has 5 rings (SSSR count). The first kappa shape index (κ1) is 25.1. The molecule has 1 aliphatic heterocycles. The van der Waals surface area contributed by atoms with Crippen LogP contribution in [0, 0.1) is 0 Å². The number of hydrogen-bond acceptors (Lipinski definition) is 6. The molecule has 0 bridgehead atoms. The zero-order valence-electron chi connectivity index (χ0n) is 21.1. The van der Waals surface area contributed by atoms with E-state index in [-0.39, 0.29) is 11.2 Å². The summed E-state index contributed by atoms with van der Waals surface area (Å²) < 4.78 is 9.18. The van der Waals surface area contributed by atoms with Crippen LogP contribution in [0.1, 0.15) is 69.7 Å². The zero-order valence-corrected chi connectivity index (χ0v) is 23.5. The molecule has 36 heavy (non-hydrogen) atoms. The van der Waals surface area contributed by atoms with E-state index in [1.807, 2.05) is 22.9 Å². The Morgan fingerprint density at radius 1 is 1.17 bits per heavy atom. The molecule has 8 heteroatoms. The number of carbonyl (C=O) groups is 1. The van der Waals surface area contributed by atoms with Crippen molar-refractivity contribution in [3.8, 4) is 5.75 Å². The molecule has 0 fully saturated rings. The molecule has 0 radical (unpaired) electrons. The van der Waals surface area contributed by atoms with Gasteiger partial charge in [-0.05, 0) is 53.3 Å². The highest BCUT2D eigenvalue weighted by Gasteiger charge is 2.38. The summed E-state index contributed by atoms with van der Waals surface area (Å²) in [4.78, 5) is 17.9. The van der Waals surface area contributed by atoms with E-state index in [0.29, 0.717) is 24.1 Å². The first-order valence-electron chi connectivity index (χ1n) is 12.4. The van der Waals surface area contributed by atoms with Gasteiger partial charge in [0, 0.05) is 27.7 Å². The number of thioether (sulfide) groups is 1. The average molecular weight is 568 g/mol. The fourth-order valence-corrected chi connectivity index (χ4v) is 5.67. The standard InChI is InChI=1S/C28H31BrN4O2S/c1-5-36-27-31-26-30-21-7-6-8-22(34)24(21)25(33(26)32-27)20-15-19(29)13-14-23(20)35-16-17-9-11-18(12-10-17)28(2,3)4/h9-15,25H,5-8,16H2,1-4H3,(H,30,31,32). The number of aromatic nitrogens is 3. The second-order valence-corrected chi connectivity index (χ2v) is 12.4. The number of allylic oxidation sites excluding steroid dienone is 2. The highest BCUT2D eigenvalue weighted by molar-refractivity contribution is 9.10. The van der Waals surface area contributed by atoms with E-state index in [9.17, 15) is 4.79 Å². The van der Waals surface area contributed by atoms with Gasteiger partial charge in [-0.1, -0.05) is 79.7 Å². The highest BCUT2D eigenvalue weighted by Crippen LogP contribution is 2.44. The van der Waals surface area contributed by atoms with Gasteiger partial charge in [-0.2, -0.15) is 4.98 Å². The third-order valence-electron chi connectivity index (χ3n) is 6.60. The molecule has 2 aliphatic rings. The molecule has 2 heterocycles. The van der Waals surface area contributed by atoms with Crippen LogP contribution < -0.4 is 10.1 Å². The van der Waals surface area contributed by atoms with E-state index >= 15 is 0 Å². The Bertz CT molecular complexity index is 1320. The Morgan fingerprint density at radius 2 is 1.94 bits per heavy atom. The quantitative estimate of drug-likeness (QED) is 0.322. The van der Waals surface area contributed by atoms with Crippen molar-refractivity contribution in [2.24, 2.45) is 0 Å². The maximum absolute atomic E-state index is 13.2. The Labute approximate surface area is 225 Å². The molecule has 0 spiro atoms. The predicted molar refractivity (Wildman–Crippen MR) is 148 cm³/mol. The lowest BCUT2D eigenvalue weighted by Gasteiger charge is -2.33. The van der Waals surface area contributed by atoms with Crippen molar-refractivity contribution in [3.63, 3.8) is 0 Å². The molecular weight excluding hydrogens is 536 g/mol. The lowest BCUT2D eigenvalue weighted by molar-refractivity contribution is -0.116. The minimum atomic E-state index is -0.390. The van der Waals surface area contributed by atoms with Crippen LogP contribution in [0.2, 0.25) is 0 Å². The first-order valence-corrected chi connectivity index (χ1v) is 14.2. The van der Waals surface area contributed by atoms with Gasteiger partial charge >= 0.3 is 0 Å². The van der Waals surface area contributed by atoms with Crippen LogP contribution in [0.3, 0.4) is 0 Å². The van der Waals surface area contributed by atoms with Gasteiger partial charge < -0.3 is 10.1 Å². The number of rotatable bonds is 6. The number of Topliss-reactive ketones (excluding diaryl/α,β-unsaturated/α-hetero) is 1. The number of nitrogens with one attached hydrogen (secondary N) is 1. The van der Waals surface area contributed by atoms with E-state index in [2.05, 4.69) is 73.2 Å². The van der Waals surface area contributed by atoms with E-state index in [1.54, 1.807) is 11.8 Å². The van der Waals surface area contributed by atoms with Crippen LogP contribution >= 0.6 is 27.7 Å². The van der Waals surface area contributed by atoms with Crippen LogP contribution in [-0.2, 0) is 16.8 Å². The van der Waals surface area contributed by atoms with Crippen molar-refractivity contribution in [1.82, 2.24) is 14.8 Å². The Morgan fingerprint density at radius 3 is 2.67 bits per heavy atom. The smallest absolute Gasteiger partial charge is 0.227 e. The van der Waals surface area contributed by atoms with Crippen LogP contribution in [0.25, 0.3) is 0 Å². The zero-order chi connectivity index (χ0) is 25.4. The van der Waals surface area contributed by atoms with Crippen molar-refractivity contribution in [3.05, 3.63) is 74.9 Å². The Balaban J connectivity index is 1.53. The fraction of sp³-hybridized carbons (Fsp3) is 0.393. The molecule has 1 aliphatic carbocycles. The predicted octanol–water partition coefficient (Wildman–Crippen LogP) is 7.05. The van der Waals surface area contributed by atoms with Crippen molar-refractivity contribution >= 4 is 39.4 Å². The number of ketones is 1. The molecule has 1 N–H and O–H groups in total. The van der Waals surface area contributed by atoms with E-state index in [4.69, 9.17) is 14.8 Å². The number of carbonyl (C=O) groups excluding carboxylic acids is 1. The molecule has 1 aromatic heterocycles. The molecule has 2 aromatic carbocycles. The van der Waals surface area contributed by atoms with E-state index in [0.717, 1.165) is 51.2 Å². The number of hydrogen-bond donors (Lipinski definition) is 1. The normalized spacial score (nSPS) is 17.5. The Hall–Kier alpha value is -2.58. The number of anilines is 1. The molecule has 0 saturated heterocycles. The third kappa shape index (κ3) is 4.98. The number of benzene rings is 2. The van der Waals surface area contributed by atoms with Crippen LogP contribution in [0.15, 0.2) is 63.4 Å². The maximum Gasteiger partial charge on any atom is 0.227 e. The summed E-state index contributed by atoms with van der Waals surface area (Å²) in [6.07, 6.45) is 2.21. The molecular formula is C28H31BrN4O2S. The van der Waals surface area contributed by atoms with Gasteiger partial charge in [0.25, 0.3) is 0 Å². The van der Waals surface area contributed by atoms with Crippen LogP contribution in [0.4, 0.5) is 5.95 Å². The lowest BCUT2D eigenvalue weighted by Crippen LogP contribution is -2.31. The van der Waals surface area contributed by atoms with Crippen molar-refractivity contribution in [1.29, 1.82) is 0 Å². The summed E-state index contributed by atoms with van der Waals surface area (Å²) in [5.74, 6) is 2.44. The summed E-state index contributed by atoms with van der Waals surface area (Å²) in [5, 5.41) is 8.90. The largest absolute Gasteiger partial charge is 0.489 e. The average Bonchev–Trinajstić information content (AvgIpc) is 3.24. The molecule has 1 atom stereocenters. The molecule has 0 saturated carbocycles. The van der Waals surface area contributed by atoms with Gasteiger partial charge in [-0.3, -0.25) is 4.79 Å². The monoisotopic (exact) mass is 566 g/mol. The van der Waals surface area contributed by atoms with E-state index < -0.39 is 6.04 Å². The summed E-state index contributed by atoms with van der Waals surface area (Å²) in [5.41, 5.74) is 5.12. The second-order valence-electron chi connectivity index (χ2n) is 10.2. The summed E-state index contributed by atoms with van der Waals surface area (Å²) in [6, 6.07) is 14.2. The fourth-order valence-electron chi connectivity index (χ4n) is 4.74. The molecule has 0 amide bonds. The van der Waals surface area contributed by atoms with Gasteiger partial charge in [0.2, 0.25) is 11.1 Å². The molecule has 3 aromatic rings. The van der Waals surface area contributed by atoms with Gasteiger partial charge in [0.15, 0.2) is 5.78 Å². The number of ether oxygens (including phenoxy) is 1. The van der Waals surface area contributed by atoms with Crippen molar-refractivity contribution in [2.45, 2.75) is 70.2 Å². The van der Waals surface area contributed by atoms with Gasteiger partial charge in [0.1, 0.15) is 18.4 Å². The SMILES string of the molecule is CCSc1nc2n(n1)C(c1cc(Br)ccc1OCc1ccc(C(C)(C)C)cc1)C1=C(CCCC1=O)N2. The molecule has 1 unspecified atom stereocenters. The van der Waals surface area contributed by atoms with Crippen LogP contribution in [-0.4, -0.2) is 26.3 Å². The topological polar surface area (TPSA) is 69.0 Å². The van der Waals surface area contributed by atoms with Crippen molar-refractivity contribution < 1.29 is 9.53 Å². The highest BCUT2D eigenvalue weighted by atomic mass is 79.9. The Kier molecular flexibility index (Phi) is 7.01.